The van der Waals surface area contributed by atoms with Gasteiger partial charge in [-0.1, -0.05) is 24.3 Å². The van der Waals surface area contributed by atoms with Crippen LogP contribution in [0.5, 0.6) is 5.75 Å². The lowest BCUT2D eigenvalue weighted by Gasteiger charge is -2.37. The quantitative estimate of drug-likeness (QED) is 0.222. The van der Waals surface area contributed by atoms with Gasteiger partial charge < -0.3 is 20.2 Å². The fourth-order valence-corrected chi connectivity index (χ4v) is 3.14. The van der Waals surface area contributed by atoms with Crippen LogP contribution in [0.4, 0.5) is 11.4 Å². The summed E-state index contributed by atoms with van der Waals surface area (Å²) in [5.41, 5.74) is 1.89. The molecule has 0 bridgehead atoms. The Bertz CT molecular complexity index is 821. The van der Waals surface area contributed by atoms with Crippen LogP contribution in [0, 0.1) is 10.1 Å². The van der Waals surface area contributed by atoms with Crippen LogP contribution in [0.2, 0.25) is 0 Å². The van der Waals surface area contributed by atoms with Crippen molar-refractivity contribution in [3.63, 3.8) is 0 Å². The van der Waals surface area contributed by atoms with Gasteiger partial charge in [0.15, 0.2) is 5.96 Å². The Morgan fingerprint density at radius 2 is 1.79 bits per heavy atom. The van der Waals surface area contributed by atoms with Gasteiger partial charge in [-0.2, -0.15) is 0 Å². The molecular formula is C19H24IN5O3. The van der Waals surface area contributed by atoms with E-state index in [1.165, 1.54) is 12.1 Å². The summed E-state index contributed by atoms with van der Waals surface area (Å²) in [6, 6.07) is 13.9. The Morgan fingerprint density at radius 1 is 1.14 bits per heavy atom. The number of guanidine groups is 1. The van der Waals surface area contributed by atoms with Crippen LogP contribution in [0.15, 0.2) is 53.5 Å². The third kappa shape index (κ3) is 5.24. The number of rotatable bonds is 4. The Labute approximate surface area is 181 Å². The van der Waals surface area contributed by atoms with E-state index in [0.717, 1.165) is 43.4 Å². The number of hydrogen-bond donors (Lipinski definition) is 2. The predicted octanol–water partition coefficient (Wildman–Crippen LogP) is 2.82. The maximum atomic E-state index is 10.7. The fourth-order valence-electron chi connectivity index (χ4n) is 3.14. The number of aromatic hydroxyl groups is 1. The molecule has 3 rings (SSSR count). The van der Waals surface area contributed by atoms with Crippen LogP contribution in [0.25, 0.3) is 0 Å². The number of benzene rings is 2. The third-order valence-electron chi connectivity index (χ3n) is 4.61. The van der Waals surface area contributed by atoms with Gasteiger partial charge in [0, 0.05) is 51.9 Å². The number of hydrogen-bond acceptors (Lipinski definition) is 5. The summed E-state index contributed by atoms with van der Waals surface area (Å²) in [6.07, 6.45) is 0. The molecule has 1 aliphatic heterocycles. The van der Waals surface area contributed by atoms with Crippen molar-refractivity contribution in [2.75, 3.05) is 38.1 Å². The van der Waals surface area contributed by atoms with Gasteiger partial charge in [-0.3, -0.25) is 15.1 Å². The second kappa shape index (κ2) is 10.1. The summed E-state index contributed by atoms with van der Waals surface area (Å²) in [7, 11) is 1.74. The van der Waals surface area contributed by atoms with Crippen LogP contribution in [-0.2, 0) is 6.54 Å². The zero-order valence-corrected chi connectivity index (χ0v) is 17.9. The van der Waals surface area contributed by atoms with Gasteiger partial charge in [0.1, 0.15) is 5.75 Å². The Morgan fingerprint density at radius 3 is 2.36 bits per heavy atom. The van der Waals surface area contributed by atoms with Gasteiger partial charge >= 0.3 is 0 Å². The summed E-state index contributed by atoms with van der Waals surface area (Å²) in [4.78, 5) is 19.0. The Hall–Kier alpha value is -2.56. The lowest BCUT2D eigenvalue weighted by Crippen LogP contribution is -2.52. The lowest BCUT2D eigenvalue weighted by molar-refractivity contribution is -0.384. The first-order valence-corrected chi connectivity index (χ1v) is 8.80. The van der Waals surface area contributed by atoms with Crippen LogP contribution in [-0.4, -0.2) is 54.1 Å². The number of nitro groups is 1. The number of piperazine rings is 1. The van der Waals surface area contributed by atoms with Crippen LogP contribution in [0.3, 0.4) is 0 Å². The first-order valence-electron chi connectivity index (χ1n) is 8.80. The van der Waals surface area contributed by atoms with Crippen molar-refractivity contribution in [3.05, 3.63) is 64.2 Å². The standard InChI is InChI=1S/C19H23N5O3.HI/c1-20-19(21-14-15-6-8-16(9-7-15)24(26)27)23-12-10-22(11-13-23)17-4-2-3-5-18(17)25;/h2-9,25H,10-14H2,1H3,(H,20,21);1H. The van der Waals surface area contributed by atoms with E-state index in [9.17, 15) is 15.2 Å². The van der Waals surface area contributed by atoms with Crippen molar-refractivity contribution < 1.29 is 10.0 Å². The van der Waals surface area contributed by atoms with Gasteiger partial charge in [-0.15, -0.1) is 24.0 Å². The van der Waals surface area contributed by atoms with Crippen LogP contribution in [0.1, 0.15) is 5.56 Å². The lowest BCUT2D eigenvalue weighted by atomic mass is 10.2. The molecule has 0 aliphatic carbocycles. The SMILES string of the molecule is CN=C(NCc1ccc([N+](=O)[O-])cc1)N1CCN(c2ccccc2O)CC1.I. The second-order valence-electron chi connectivity index (χ2n) is 6.29. The van der Waals surface area contributed by atoms with Crippen molar-refractivity contribution in [2.45, 2.75) is 6.54 Å². The molecule has 0 atom stereocenters. The Kier molecular flexibility index (Phi) is 7.85. The van der Waals surface area contributed by atoms with E-state index in [1.54, 1.807) is 25.2 Å². The molecule has 0 amide bonds. The molecule has 2 N–H and O–H groups in total. The van der Waals surface area contributed by atoms with Crippen LogP contribution < -0.4 is 10.2 Å². The molecule has 0 radical (unpaired) electrons. The Balaban J connectivity index is 0.00000280. The van der Waals surface area contributed by atoms with Crippen molar-refractivity contribution in [1.29, 1.82) is 0 Å². The number of nitrogens with zero attached hydrogens (tertiary/aromatic N) is 4. The van der Waals surface area contributed by atoms with Crippen LogP contribution >= 0.6 is 24.0 Å². The van der Waals surface area contributed by atoms with E-state index in [-0.39, 0.29) is 29.7 Å². The van der Waals surface area contributed by atoms with E-state index in [0.29, 0.717) is 12.3 Å². The normalized spacial score (nSPS) is 14.4. The minimum absolute atomic E-state index is 0. The summed E-state index contributed by atoms with van der Waals surface area (Å²) >= 11 is 0. The highest BCUT2D eigenvalue weighted by molar-refractivity contribution is 14.0. The number of aliphatic imine (C=N–C) groups is 1. The summed E-state index contributed by atoms with van der Waals surface area (Å²) in [6.45, 7) is 3.69. The highest BCUT2D eigenvalue weighted by atomic mass is 127. The van der Waals surface area contributed by atoms with Crippen molar-refractivity contribution in [3.8, 4) is 5.75 Å². The topological polar surface area (TPSA) is 94.2 Å². The third-order valence-corrected chi connectivity index (χ3v) is 4.61. The van der Waals surface area contributed by atoms with E-state index in [1.807, 2.05) is 18.2 Å². The molecule has 8 nitrogen and oxygen atoms in total. The molecule has 28 heavy (non-hydrogen) atoms. The molecule has 2 aromatic carbocycles. The minimum atomic E-state index is -0.403. The molecule has 9 heteroatoms. The highest BCUT2D eigenvalue weighted by Gasteiger charge is 2.21. The largest absolute Gasteiger partial charge is 0.506 e. The zero-order valence-electron chi connectivity index (χ0n) is 15.6. The smallest absolute Gasteiger partial charge is 0.269 e. The molecule has 0 spiro atoms. The first kappa shape index (κ1) is 21.7. The minimum Gasteiger partial charge on any atom is -0.506 e. The highest BCUT2D eigenvalue weighted by Crippen LogP contribution is 2.27. The maximum Gasteiger partial charge on any atom is 0.269 e. The first-order chi connectivity index (χ1) is 13.1. The number of phenolic OH excluding ortho intramolecular Hbond substituents is 1. The number of halogens is 1. The van der Waals surface area contributed by atoms with E-state index >= 15 is 0 Å². The molecular weight excluding hydrogens is 473 g/mol. The van der Waals surface area contributed by atoms with Gasteiger partial charge in [0.05, 0.1) is 10.6 Å². The average Bonchev–Trinajstić information content (AvgIpc) is 2.70. The number of anilines is 1. The van der Waals surface area contributed by atoms with E-state index in [2.05, 4.69) is 20.1 Å². The molecule has 0 unspecified atom stereocenters. The van der Waals surface area contributed by atoms with Gasteiger partial charge in [-0.05, 0) is 17.7 Å². The molecule has 150 valence electrons. The number of nitrogens with one attached hydrogen (secondary N) is 1. The average molecular weight is 497 g/mol. The summed E-state index contributed by atoms with van der Waals surface area (Å²) < 4.78 is 0. The molecule has 2 aromatic rings. The van der Waals surface area contributed by atoms with Crippen molar-refractivity contribution in [1.82, 2.24) is 10.2 Å². The summed E-state index contributed by atoms with van der Waals surface area (Å²) in [5.74, 6) is 1.09. The fraction of sp³-hybridized carbons (Fsp3) is 0.316. The second-order valence-corrected chi connectivity index (χ2v) is 6.29. The van der Waals surface area contributed by atoms with Gasteiger partial charge in [0.25, 0.3) is 5.69 Å². The summed E-state index contributed by atoms with van der Waals surface area (Å²) in [5, 5.41) is 24.0. The van der Waals surface area contributed by atoms with Gasteiger partial charge in [-0.25, -0.2) is 0 Å². The molecule has 0 aromatic heterocycles. The van der Waals surface area contributed by atoms with Gasteiger partial charge in [0.2, 0.25) is 0 Å². The number of non-ortho nitro benzene ring substituents is 1. The predicted molar refractivity (Wildman–Crippen MR) is 121 cm³/mol. The number of nitro benzene ring substituents is 1. The van der Waals surface area contributed by atoms with Crippen molar-refractivity contribution >= 4 is 41.3 Å². The van der Waals surface area contributed by atoms with E-state index in [4.69, 9.17) is 0 Å². The molecule has 1 heterocycles. The molecule has 1 aliphatic rings. The number of para-hydroxylation sites is 2. The molecule has 1 fully saturated rings. The monoisotopic (exact) mass is 497 g/mol. The van der Waals surface area contributed by atoms with E-state index < -0.39 is 4.92 Å². The maximum absolute atomic E-state index is 10.7. The molecule has 0 saturated carbocycles. The van der Waals surface area contributed by atoms with Crippen molar-refractivity contribution in [2.24, 2.45) is 4.99 Å². The molecule has 1 saturated heterocycles. The zero-order chi connectivity index (χ0) is 19.2. The number of phenols is 1.